The molecule has 3 atom stereocenters. The number of hydrogen-bond donors (Lipinski definition) is 0. The van der Waals surface area contributed by atoms with Crippen molar-refractivity contribution in [2.75, 3.05) is 6.61 Å². The molecule has 0 rings (SSSR count). The molecule has 0 bridgehead atoms. The lowest BCUT2D eigenvalue weighted by molar-refractivity contribution is -0.0263. The van der Waals surface area contributed by atoms with Crippen LogP contribution in [0.4, 0.5) is 0 Å². The Morgan fingerprint density at radius 3 is 1.38 bits per heavy atom. The maximum atomic E-state index is 5.72. The van der Waals surface area contributed by atoms with Crippen LogP contribution >= 0.6 is 0 Å². The van der Waals surface area contributed by atoms with Gasteiger partial charge in [-0.2, -0.15) is 0 Å². The third-order valence-corrected chi connectivity index (χ3v) is 5.27. The molecule has 0 saturated heterocycles. The summed E-state index contributed by atoms with van der Waals surface area (Å²) in [6.07, 6.45) is 3.79. The van der Waals surface area contributed by atoms with Gasteiger partial charge in [-0.1, -0.05) is 60.8 Å². The van der Waals surface area contributed by atoms with Gasteiger partial charge < -0.3 is 4.43 Å². The van der Waals surface area contributed by atoms with E-state index in [1.54, 1.807) is 0 Å². The minimum absolute atomic E-state index is 0.389. The molecule has 1 nitrogen and oxygen atoms in total. The Bertz CT molecular complexity index is 155. The normalized spacial score (nSPS) is 21.4. The molecule has 0 saturated carbocycles. The van der Waals surface area contributed by atoms with Crippen LogP contribution in [-0.2, 0) is 4.43 Å². The molecule has 98 valence electrons. The van der Waals surface area contributed by atoms with E-state index in [9.17, 15) is 0 Å². The topological polar surface area (TPSA) is 9.23 Å². The average Bonchev–Trinajstić information content (AvgIpc) is 2.32. The second kappa shape index (κ2) is 7.49. The standard InChI is InChI=1S/C14H32OSi/c1-7-11(4)14(10-15-16,12(5)8-2)13(6)9-3/h11-13H,7-10H2,1-6,16H3. The molecule has 0 N–H and O–H groups in total. The van der Waals surface area contributed by atoms with E-state index in [1.807, 2.05) is 0 Å². The van der Waals surface area contributed by atoms with Gasteiger partial charge in [-0.05, 0) is 17.8 Å². The van der Waals surface area contributed by atoms with Crippen molar-refractivity contribution in [3.63, 3.8) is 0 Å². The van der Waals surface area contributed by atoms with Gasteiger partial charge in [0.1, 0.15) is 10.5 Å². The van der Waals surface area contributed by atoms with Crippen molar-refractivity contribution in [1.82, 2.24) is 0 Å². The molecule has 0 aliphatic carbocycles. The van der Waals surface area contributed by atoms with Gasteiger partial charge in [0.05, 0.1) is 0 Å². The van der Waals surface area contributed by atoms with Crippen LogP contribution in [0.15, 0.2) is 0 Å². The minimum atomic E-state index is 0.389. The lowest BCUT2D eigenvalue weighted by Gasteiger charge is -2.48. The van der Waals surface area contributed by atoms with Gasteiger partial charge in [0, 0.05) is 12.0 Å². The molecule has 3 unspecified atom stereocenters. The summed E-state index contributed by atoms with van der Waals surface area (Å²) in [5, 5.41) is 0. The molecule has 0 heterocycles. The summed E-state index contributed by atoms with van der Waals surface area (Å²) >= 11 is 0. The molecule has 0 spiro atoms. The Hall–Kier alpha value is 0.177. The van der Waals surface area contributed by atoms with Crippen molar-refractivity contribution >= 4 is 10.5 Å². The highest BCUT2D eigenvalue weighted by molar-refractivity contribution is 5.97. The van der Waals surface area contributed by atoms with Crippen LogP contribution in [-0.4, -0.2) is 17.1 Å². The molecule has 0 amide bonds. The van der Waals surface area contributed by atoms with Crippen molar-refractivity contribution < 1.29 is 4.43 Å². The van der Waals surface area contributed by atoms with E-state index in [2.05, 4.69) is 41.5 Å². The van der Waals surface area contributed by atoms with Gasteiger partial charge in [0.2, 0.25) is 0 Å². The van der Waals surface area contributed by atoms with E-state index in [1.165, 1.54) is 19.3 Å². The van der Waals surface area contributed by atoms with Gasteiger partial charge in [-0.25, -0.2) is 0 Å². The monoisotopic (exact) mass is 244 g/mol. The van der Waals surface area contributed by atoms with Crippen molar-refractivity contribution in [2.45, 2.75) is 60.8 Å². The summed E-state index contributed by atoms with van der Waals surface area (Å²) in [6.45, 7) is 15.2. The third-order valence-electron chi connectivity index (χ3n) is 4.98. The highest BCUT2D eigenvalue weighted by Gasteiger charge is 2.43. The maximum Gasteiger partial charge on any atom is 0.145 e. The Labute approximate surface area is 106 Å². The van der Waals surface area contributed by atoms with Crippen LogP contribution in [0.1, 0.15) is 60.8 Å². The molecule has 0 aliphatic rings. The molecule has 2 heteroatoms. The number of hydrogen-bond acceptors (Lipinski definition) is 1. The highest BCUT2D eigenvalue weighted by atomic mass is 28.2. The second-order valence-corrected chi connectivity index (χ2v) is 6.05. The van der Waals surface area contributed by atoms with Gasteiger partial charge in [-0.15, -0.1) is 0 Å². The summed E-state index contributed by atoms with van der Waals surface area (Å²) in [5.74, 6) is 2.27. The predicted molar refractivity (Wildman–Crippen MR) is 76.7 cm³/mol. The first-order chi connectivity index (χ1) is 7.50. The molecule has 0 aromatic heterocycles. The zero-order valence-electron chi connectivity index (χ0n) is 12.5. The Morgan fingerprint density at radius 2 is 1.19 bits per heavy atom. The molecule has 0 aliphatic heterocycles. The summed E-state index contributed by atoms with van der Waals surface area (Å²) in [6, 6.07) is 0. The van der Waals surface area contributed by atoms with Gasteiger partial charge in [-0.3, -0.25) is 0 Å². The summed E-state index contributed by atoms with van der Waals surface area (Å²) in [7, 11) is 0.865. The second-order valence-electron chi connectivity index (χ2n) is 5.47. The van der Waals surface area contributed by atoms with Crippen molar-refractivity contribution in [1.29, 1.82) is 0 Å². The Kier molecular flexibility index (Phi) is 7.58. The van der Waals surface area contributed by atoms with Crippen LogP contribution in [0, 0.1) is 23.2 Å². The molecular formula is C14H32OSi. The lowest BCUT2D eigenvalue weighted by Crippen LogP contribution is -2.45. The van der Waals surface area contributed by atoms with Crippen molar-refractivity contribution in [3.8, 4) is 0 Å². The SMILES string of the molecule is CCC(C)C(CO[SiH3])(C(C)CC)C(C)CC. The summed E-state index contributed by atoms with van der Waals surface area (Å²) < 4.78 is 5.72. The van der Waals surface area contributed by atoms with Crippen LogP contribution < -0.4 is 0 Å². The van der Waals surface area contributed by atoms with Gasteiger partial charge >= 0.3 is 0 Å². The quantitative estimate of drug-likeness (QED) is 0.595. The summed E-state index contributed by atoms with van der Waals surface area (Å²) in [5.41, 5.74) is 0.389. The maximum absolute atomic E-state index is 5.72. The third kappa shape index (κ3) is 3.10. The largest absolute Gasteiger partial charge is 0.427 e. The Morgan fingerprint density at radius 1 is 0.875 bits per heavy atom. The van der Waals surface area contributed by atoms with Crippen molar-refractivity contribution in [2.24, 2.45) is 23.2 Å². The first-order valence-corrected chi connectivity index (χ1v) is 7.81. The lowest BCUT2D eigenvalue weighted by atomic mass is 9.59. The molecule has 0 aromatic rings. The van der Waals surface area contributed by atoms with E-state index in [-0.39, 0.29) is 0 Å². The highest BCUT2D eigenvalue weighted by Crippen LogP contribution is 2.47. The fourth-order valence-electron chi connectivity index (χ4n) is 3.27. The molecular weight excluding hydrogens is 212 g/mol. The van der Waals surface area contributed by atoms with Crippen LogP contribution in [0.2, 0.25) is 0 Å². The average molecular weight is 244 g/mol. The minimum Gasteiger partial charge on any atom is -0.427 e. The van der Waals surface area contributed by atoms with Crippen LogP contribution in [0.3, 0.4) is 0 Å². The van der Waals surface area contributed by atoms with Crippen LogP contribution in [0.5, 0.6) is 0 Å². The zero-order valence-corrected chi connectivity index (χ0v) is 14.5. The van der Waals surface area contributed by atoms with Crippen LogP contribution in [0.25, 0.3) is 0 Å². The number of rotatable bonds is 8. The molecule has 0 radical (unpaired) electrons. The molecule has 0 aromatic carbocycles. The molecule has 0 fully saturated rings. The van der Waals surface area contributed by atoms with E-state index >= 15 is 0 Å². The first kappa shape index (κ1) is 16.2. The van der Waals surface area contributed by atoms with E-state index in [4.69, 9.17) is 4.43 Å². The predicted octanol–water partition coefficient (Wildman–Crippen LogP) is 3.41. The summed E-state index contributed by atoms with van der Waals surface area (Å²) in [4.78, 5) is 0. The van der Waals surface area contributed by atoms with Gasteiger partial charge in [0.15, 0.2) is 0 Å². The van der Waals surface area contributed by atoms with E-state index in [0.29, 0.717) is 5.41 Å². The van der Waals surface area contributed by atoms with E-state index in [0.717, 1.165) is 34.8 Å². The van der Waals surface area contributed by atoms with E-state index < -0.39 is 0 Å². The fourth-order valence-corrected chi connectivity index (χ4v) is 3.77. The van der Waals surface area contributed by atoms with Gasteiger partial charge in [0.25, 0.3) is 0 Å². The fraction of sp³-hybridized carbons (Fsp3) is 1.00. The smallest absolute Gasteiger partial charge is 0.145 e. The molecule has 16 heavy (non-hydrogen) atoms. The Balaban J connectivity index is 5.19. The zero-order chi connectivity index (χ0) is 12.8. The van der Waals surface area contributed by atoms with Crippen molar-refractivity contribution in [3.05, 3.63) is 0 Å². The first-order valence-electron chi connectivity index (χ1n) is 6.99.